The van der Waals surface area contributed by atoms with Crippen LogP contribution in [0.5, 0.6) is 5.88 Å². The minimum absolute atomic E-state index is 0.0133. The minimum atomic E-state index is -1.64. The first-order valence-corrected chi connectivity index (χ1v) is 12.5. The van der Waals surface area contributed by atoms with Crippen molar-refractivity contribution < 1.29 is 28.5 Å². The number of aromatic nitrogens is 5. The molecule has 0 amide bonds. The van der Waals surface area contributed by atoms with E-state index in [1.807, 2.05) is 4.57 Å². The van der Waals surface area contributed by atoms with Crippen molar-refractivity contribution in [2.75, 3.05) is 6.61 Å². The smallest absolute Gasteiger partial charge is 0.214 e. The van der Waals surface area contributed by atoms with Crippen LogP contribution in [-0.2, 0) is 24.3 Å². The van der Waals surface area contributed by atoms with Crippen LogP contribution in [0.1, 0.15) is 35.4 Å². The van der Waals surface area contributed by atoms with Gasteiger partial charge in [-0.25, -0.2) is 18.7 Å². The van der Waals surface area contributed by atoms with Gasteiger partial charge in [-0.15, -0.1) is 0 Å². The van der Waals surface area contributed by atoms with E-state index in [4.69, 9.17) is 9.47 Å². The average molecular weight is 534 g/mol. The Bertz CT molecular complexity index is 1620. The van der Waals surface area contributed by atoms with Crippen LogP contribution in [0.15, 0.2) is 60.8 Å². The fraction of sp³-hybridized carbons (Fsp3) is 0.250. The number of hydrogen-bond donors (Lipinski definition) is 3. The van der Waals surface area contributed by atoms with E-state index < -0.39 is 17.9 Å². The number of nitrogens with zero attached hydrogens (tertiary/aromatic N) is 4. The van der Waals surface area contributed by atoms with E-state index in [1.54, 1.807) is 48.7 Å². The van der Waals surface area contributed by atoms with E-state index in [0.29, 0.717) is 41.3 Å². The SMILES string of the molecule is OC(O)c1ccc2nc(Cc3cc(F)c(-c4cccc(OCc5cc[nH]n5)n4)cc3F)n(C[C@@H]3CCO3)c2c1. The highest BCUT2D eigenvalue weighted by Gasteiger charge is 2.23. The van der Waals surface area contributed by atoms with Crippen LogP contribution in [0.2, 0.25) is 0 Å². The Labute approximate surface area is 221 Å². The fourth-order valence-electron chi connectivity index (χ4n) is 4.58. The Morgan fingerprint density at radius 1 is 1.08 bits per heavy atom. The van der Waals surface area contributed by atoms with Gasteiger partial charge < -0.3 is 24.3 Å². The van der Waals surface area contributed by atoms with Crippen LogP contribution < -0.4 is 4.74 Å². The number of H-pyrrole nitrogens is 1. The molecule has 6 rings (SSSR count). The summed E-state index contributed by atoms with van der Waals surface area (Å²) in [6, 6.07) is 13.8. The van der Waals surface area contributed by atoms with Crippen molar-refractivity contribution in [3.8, 4) is 17.1 Å². The van der Waals surface area contributed by atoms with Crippen LogP contribution in [0.3, 0.4) is 0 Å². The molecule has 0 saturated carbocycles. The number of imidazole rings is 1. The third-order valence-corrected chi connectivity index (χ3v) is 6.74. The van der Waals surface area contributed by atoms with E-state index in [0.717, 1.165) is 18.6 Å². The van der Waals surface area contributed by atoms with Crippen molar-refractivity contribution in [3.63, 3.8) is 0 Å². The van der Waals surface area contributed by atoms with Crippen molar-refractivity contribution in [2.45, 2.75) is 38.4 Å². The summed E-state index contributed by atoms with van der Waals surface area (Å²) < 4.78 is 43.8. The van der Waals surface area contributed by atoms with Crippen molar-refractivity contribution in [1.82, 2.24) is 24.7 Å². The summed E-state index contributed by atoms with van der Waals surface area (Å²) in [6.07, 6.45) is 0.914. The molecule has 9 nitrogen and oxygen atoms in total. The van der Waals surface area contributed by atoms with E-state index in [-0.39, 0.29) is 41.8 Å². The molecule has 200 valence electrons. The van der Waals surface area contributed by atoms with Gasteiger partial charge in [0, 0.05) is 36.4 Å². The highest BCUT2D eigenvalue weighted by atomic mass is 19.1. The normalized spacial score (nSPS) is 15.2. The molecule has 1 fully saturated rings. The standard InChI is InChI=1S/C28H25F2N5O4/c29-21-13-20(23-2-1-3-27(33-23)39-15-18-6-8-31-34-18)22(30)10-17(21)12-26-32-24-5-4-16(28(36)37)11-25(24)35(26)14-19-7-9-38-19/h1-6,8,10-11,13,19,28,36-37H,7,9,12,14-15H2,(H,31,34)/t19-/m0/s1. The second-order valence-corrected chi connectivity index (χ2v) is 9.36. The molecule has 0 spiro atoms. The van der Waals surface area contributed by atoms with Crippen molar-refractivity contribution in [3.05, 3.63) is 95.1 Å². The van der Waals surface area contributed by atoms with Crippen LogP contribution in [0, 0.1) is 11.6 Å². The Morgan fingerprint density at radius 2 is 1.95 bits per heavy atom. The number of aliphatic hydroxyl groups excluding tert-OH is 1. The Kier molecular flexibility index (Phi) is 6.77. The number of nitrogens with one attached hydrogen (secondary N) is 1. The van der Waals surface area contributed by atoms with Crippen molar-refractivity contribution in [1.29, 1.82) is 0 Å². The van der Waals surface area contributed by atoms with Crippen LogP contribution >= 0.6 is 0 Å². The zero-order valence-corrected chi connectivity index (χ0v) is 20.7. The van der Waals surface area contributed by atoms with Gasteiger partial charge in [-0.05, 0) is 48.4 Å². The van der Waals surface area contributed by atoms with Gasteiger partial charge in [0.1, 0.15) is 24.1 Å². The molecule has 0 bridgehead atoms. The highest BCUT2D eigenvalue weighted by molar-refractivity contribution is 5.77. The maximum atomic E-state index is 15.4. The molecular weight excluding hydrogens is 508 g/mol. The zero-order chi connectivity index (χ0) is 26.9. The minimum Gasteiger partial charge on any atom is -0.471 e. The van der Waals surface area contributed by atoms with E-state index in [9.17, 15) is 10.2 Å². The summed E-state index contributed by atoms with van der Waals surface area (Å²) in [6.45, 7) is 1.31. The lowest BCUT2D eigenvalue weighted by molar-refractivity contribution is -0.0589. The van der Waals surface area contributed by atoms with E-state index >= 15 is 8.78 Å². The molecule has 3 aromatic heterocycles. The average Bonchev–Trinajstić information content (AvgIpc) is 3.54. The predicted octanol–water partition coefficient (Wildman–Crippen LogP) is 4.04. The third-order valence-electron chi connectivity index (χ3n) is 6.74. The summed E-state index contributed by atoms with van der Waals surface area (Å²) in [7, 11) is 0. The maximum absolute atomic E-state index is 15.4. The van der Waals surface area contributed by atoms with Gasteiger partial charge in [-0.1, -0.05) is 12.1 Å². The molecule has 2 aromatic carbocycles. The summed E-state index contributed by atoms with van der Waals surface area (Å²) in [5.41, 5.74) is 2.66. The number of fused-ring (bicyclic) bond motifs is 1. The van der Waals surface area contributed by atoms with Gasteiger partial charge in [-0.3, -0.25) is 5.10 Å². The highest BCUT2D eigenvalue weighted by Crippen LogP contribution is 2.29. The second-order valence-electron chi connectivity index (χ2n) is 9.36. The number of aromatic amines is 1. The van der Waals surface area contributed by atoms with Gasteiger partial charge in [-0.2, -0.15) is 5.10 Å². The Morgan fingerprint density at radius 3 is 2.69 bits per heavy atom. The molecule has 3 N–H and O–H groups in total. The molecule has 0 radical (unpaired) electrons. The van der Waals surface area contributed by atoms with Crippen LogP contribution in [0.25, 0.3) is 22.3 Å². The molecule has 0 unspecified atom stereocenters. The van der Waals surface area contributed by atoms with Crippen LogP contribution in [-0.4, -0.2) is 47.7 Å². The molecule has 11 heteroatoms. The summed E-state index contributed by atoms with van der Waals surface area (Å²) in [5.74, 6) is -0.443. The molecule has 1 aliphatic rings. The predicted molar refractivity (Wildman–Crippen MR) is 137 cm³/mol. The molecule has 0 aliphatic carbocycles. The lowest BCUT2D eigenvalue weighted by Gasteiger charge is -2.27. The monoisotopic (exact) mass is 533 g/mol. The number of benzene rings is 2. The second kappa shape index (κ2) is 10.5. The van der Waals surface area contributed by atoms with Gasteiger partial charge in [0.05, 0.1) is 35.1 Å². The number of halogens is 2. The first-order valence-electron chi connectivity index (χ1n) is 12.5. The Hall–Kier alpha value is -4.19. The summed E-state index contributed by atoms with van der Waals surface area (Å²) in [5, 5.41) is 26.0. The van der Waals surface area contributed by atoms with E-state index in [2.05, 4.69) is 20.2 Å². The lowest BCUT2D eigenvalue weighted by atomic mass is 10.0. The van der Waals surface area contributed by atoms with Gasteiger partial charge in [0.25, 0.3) is 0 Å². The number of ether oxygens (including phenoxy) is 2. The summed E-state index contributed by atoms with van der Waals surface area (Å²) in [4.78, 5) is 8.98. The first kappa shape index (κ1) is 25.1. The van der Waals surface area contributed by atoms with Crippen LogP contribution in [0.4, 0.5) is 8.78 Å². The Balaban J connectivity index is 1.29. The number of pyridine rings is 1. The maximum Gasteiger partial charge on any atom is 0.214 e. The molecular formula is C28H25F2N5O4. The zero-order valence-electron chi connectivity index (χ0n) is 20.7. The number of rotatable bonds is 9. The molecule has 1 aliphatic heterocycles. The quantitative estimate of drug-likeness (QED) is 0.245. The van der Waals surface area contributed by atoms with Crippen molar-refractivity contribution in [2.24, 2.45) is 0 Å². The lowest BCUT2D eigenvalue weighted by Crippen LogP contribution is -2.31. The van der Waals surface area contributed by atoms with Gasteiger partial charge in [0.2, 0.25) is 5.88 Å². The largest absolute Gasteiger partial charge is 0.471 e. The topological polar surface area (TPSA) is 118 Å². The number of hydrogen-bond acceptors (Lipinski definition) is 7. The molecule has 5 aromatic rings. The summed E-state index contributed by atoms with van der Waals surface area (Å²) >= 11 is 0. The van der Waals surface area contributed by atoms with E-state index in [1.165, 1.54) is 0 Å². The third kappa shape index (κ3) is 5.24. The molecule has 4 heterocycles. The first-order chi connectivity index (χ1) is 18.9. The van der Waals surface area contributed by atoms with Gasteiger partial charge in [0.15, 0.2) is 6.29 Å². The molecule has 1 saturated heterocycles. The molecule has 39 heavy (non-hydrogen) atoms. The fourth-order valence-corrected chi connectivity index (χ4v) is 4.58. The molecule has 1 atom stereocenters. The number of aliphatic hydroxyl groups is 2. The van der Waals surface area contributed by atoms with Crippen molar-refractivity contribution >= 4 is 11.0 Å². The van der Waals surface area contributed by atoms with Gasteiger partial charge >= 0.3 is 0 Å².